The van der Waals surface area contributed by atoms with Crippen LogP contribution in [0.5, 0.6) is 11.6 Å². The van der Waals surface area contributed by atoms with Gasteiger partial charge in [-0.3, -0.25) is 0 Å². The molecule has 82 valence electrons. The Balaban J connectivity index is 2.31. The summed E-state index contributed by atoms with van der Waals surface area (Å²) >= 11 is 10.2. The Morgan fingerprint density at radius 2 is 1.81 bits per heavy atom. The lowest BCUT2D eigenvalue weighted by Crippen LogP contribution is -1.89. The number of benzene rings is 1. The molecule has 0 unspecified atom stereocenters. The first-order chi connectivity index (χ1) is 7.66. The van der Waals surface area contributed by atoms with E-state index in [-0.39, 0.29) is 0 Å². The molecular formula is C11H6Br3NO. The van der Waals surface area contributed by atoms with E-state index < -0.39 is 0 Å². The third-order valence-electron chi connectivity index (χ3n) is 1.83. The average molecular weight is 408 g/mol. The predicted octanol–water partition coefficient (Wildman–Crippen LogP) is 5.16. The zero-order chi connectivity index (χ0) is 11.5. The number of halogens is 3. The Morgan fingerprint density at radius 1 is 1.00 bits per heavy atom. The van der Waals surface area contributed by atoms with Gasteiger partial charge in [0.2, 0.25) is 5.88 Å². The van der Waals surface area contributed by atoms with E-state index in [1.807, 2.05) is 30.3 Å². The predicted molar refractivity (Wildman–Crippen MR) is 73.9 cm³/mol. The van der Waals surface area contributed by atoms with Gasteiger partial charge >= 0.3 is 0 Å². The largest absolute Gasteiger partial charge is 0.437 e. The van der Waals surface area contributed by atoms with Crippen molar-refractivity contribution >= 4 is 47.8 Å². The highest BCUT2D eigenvalue weighted by atomic mass is 79.9. The molecular weight excluding hydrogens is 402 g/mol. The molecule has 0 aliphatic rings. The fourth-order valence-corrected chi connectivity index (χ4v) is 2.57. The van der Waals surface area contributed by atoms with Crippen LogP contribution in [0.15, 0.2) is 49.9 Å². The Hall–Kier alpha value is -0.390. The first-order valence-electron chi connectivity index (χ1n) is 4.40. The number of ether oxygens (including phenoxy) is 1. The quantitative estimate of drug-likeness (QED) is 0.685. The molecule has 0 fully saturated rings. The average Bonchev–Trinajstić information content (AvgIpc) is 2.25. The van der Waals surface area contributed by atoms with Gasteiger partial charge in [-0.05, 0) is 62.2 Å². The summed E-state index contributed by atoms with van der Waals surface area (Å²) in [4.78, 5) is 4.14. The summed E-state index contributed by atoms with van der Waals surface area (Å²) in [5, 5.41) is 0. The summed E-state index contributed by atoms with van der Waals surface area (Å²) in [7, 11) is 0. The maximum atomic E-state index is 5.67. The van der Waals surface area contributed by atoms with Crippen LogP contribution in [-0.4, -0.2) is 4.98 Å². The third-order valence-corrected chi connectivity index (χ3v) is 3.54. The number of rotatable bonds is 2. The van der Waals surface area contributed by atoms with Gasteiger partial charge in [-0.15, -0.1) is 0 Å². The van der Waals surface area contributed by atoms with Crippen molar-refractivity contribution in [3.05, 3.63) is 49.9 Å². The van der Waals surface area contributed by atoms with E-state index >= 15 is 0 Å². The van der Waals surface area contributed by atoms with Crippen LogP contribution in [0, 0.1) is 0 Å². The monoisotopic (exact) mass is 405 g/mol. The van der Waals surface area contributed by atoms with Crippen molar-refractivity contribution in [3.63, 3.8) is 0 Å². The molecule has 0 atom stereocenters. The fraction of sp³-hybridized carbons (Fsp3) is 0. The molecule has 0 radical (unpaired) electrons. The fourth-order valence-electron chi connectivity index (χ4n) is 1.11. The zero-order valence-electron chi connectivity index (χ0n) is 7.95. The molecule has 0 aliphatic carbocycles. The highest BCUT2D eigenvalue weighted by molar-refractivity contribution is 9.11. The minimum atomic E-state index is 0.547. The van der Waals surface area contributed by atoms with E-state index in [4.69, 9.17) is 4.74 Å². The standard InChI is InChI=1S/C11H6Br3NO/c12-7-3-4-10(9(14)6-7)16-11-8(13)2-1-5-15-11/h1-6H. The lowest BCUT2D eigenvalue weighted by atomic mass is 10.3. The van der Waals surface area contributed by atoms with Crippen LogP contribution in [0.2, 0.25) is 0 Å². The second-order valence-corrected chi connectivity index (χ2v) is 5.59. The molecule has 0 saturated heterocycles. The molecule has 0 saturated carbocycles. The molecule has 16 heavy (non-hydrogen) atoms. The van der Waals surface area contributed by atoms with Crippen LogP contribution in [-0.2, 0) is 0 Å². The van der Waals surface area contributed by atoms with Crippen LogP contribution in [0.1, 0.15) is 0 Å². The minimum absolute atomic E-state index is 0.547. The molecule has 1 heterocycles. The lowest BCUT2D eigenvalue weighted by molar-refractivity contribution is 0.457. The van der Waals surface area contributed by atoms with Gasteiger partial charge in [0.1, 0.15) is 5.75 Å². The van der Waals surface area contributed by atoms with Crippen molar-refractivity contribution in [1.82, 2.24) is 4.98 Å². The van der Waals surface area contributed by atoms with Crippen LogP contribution in [0.25, 0.3) is 0 Å². The summed E-state index contributed by atoms with van der Waals surface area (Å²) in [6.45, 7) is 0. The van der Waals surface area contributed by atoms with E-state index in [0.717, 1.165) is 19.2 Å². The Morgan fingerprint density at radius 3 is 2.50 bits per heavy atom. The van der Waals surface area contributed by atoms with Gasteiger partial charge in [-0.2, -0.15) is 0 Å². The number of pyridine rings is 1. The molecule has 5 heteroatoms. The summed E-state index contributed by atoms with van der Waals surface area (Å²) < 4.78 is 8.36. The summed E-state index contributed by atoms with van der Waals surface area (Å²) in [6.07, 6.45) is 1.69. The van der Waals surface area contributed by atoms with E-state index in [1.54, 1.807) is 6.20 Å². The highest BCUT2D eigenvalue weighted by Crippen LogP contribution is 2.33. The molecule has 0 N–H and O–H groups in total. The molecule has 0 spiro atoms. The maximum Gasteiger partial charge on any atom is 0.233 e. The maximum absolute atomic E-state index is 5.67. The Bertz CT molecular complexity index is 516. The van der Waals surface area contributed by atoms with E-state index in [0.29, 0.717) is 5.88 Å². The molecule has 0 amide bonds. The second-order valence-electron chi connectivity index (χ2n) is 2.97. The minimum Gasteiger partial charge on any atom is -0.437 e. The highest BCUT2D eigenvalue weighted by Gasteiger charge is 2.06. The van der Waals surface area contributed by atoms with Crippen LogP contribution in [0.3, 0.4) is 0 Å². The smallest absolute Gasteiger partial charge is 0.233 e. The lowest BCUT2D eigenvalue weighted by Gasteiger charge is -2.08. The molecule has 2 aromatic rings. The first kappa shape index (κ1) is 12.1. The Labute approximate surface area is 118 Å². The topological polar surface area (TPSA) is 22.1 Å². The second kappa shape index (κ2) is 5.29. The van der Waals surface area contributed by atoms with Crippen LogP contribution >= 0.6 is 47.8 Å². The van der Waals surface area contributed by atoms with Crippen molar-refractivity contribution in [3.8, 4) is 11.6 Å². The number of hydrogen-bond acceptors (Lipinski definition) is 2. The number of hydrogen-bond donors (Lipinski definition) is 0. The van der Waals surface area contributed by atoms with Crippen LogP contribution < -0.4 is 4.74 Å². The Kier molecular flexibility index (Phi) is 4.00. The van der Waals surface area contributed by atoms with Gasteiger partial charge in [0.05, 0.1) is 8.95 Å². The number of nitrogens with zero attached hydrogens (tertiary/aromatic N) is 1. The molecule has 1 aromatic heterocycles. The van der Waals surface area contributed by atoms with Crippen LogP contribution in [0.4, 0.5) is 0 Å². The van der Waals surface area contributed by atoms with Gasteiger partial charge in [0, 0.05) is 10.7 Å². The molecule has 0 bridgehead atoms. The van der Waals surface area contributed by atoms with Gasteiger partial charge in [-0.25, -0.2) is 4.98 Å². The molecule has 2 rings (SSSR count). The van der Waals surface area contributed by atoms with Crippen molar-refractivity contribution < 1.29 is 4.74 Å². The molecule has 1 aromatic carbocycles. The normalized spacial score (nSPS) is 10.2. The van der Waals surface area contributed by atoms with E-state index in [1.165, 1.54) is 0 Å². The van der Waals surface area contributed by atoms with Crippen molar-refractivity contribution in [2.75, 3.05) is 0 Å². The van der Waals surface area contributed by atoms with Crippen molar-refractivity contribution in [1.29, 1.82) is 0 Å². The van der Waals surface area contributed by atoms with E-state index in [2.05, 4.69) is 52.8 Å². The summed E-state index contributed by atoms with van der Waals surface area (Å²) in [5.41, 5.74) is 0. The first-order valence-corrected chi connectivity index (χ1v) is 6.78. The van der Waals surface area contributed by atoms with Gasteiger partial charge in [0.15, 0.2) is 0 Å². The molecule has 0 aliphatic heterocycles. The van der Waals surface area contributed by atoms with Gasteiger partial charge < -0.3 is 4.74 Å². The van der Waals surface area contributed by atoms with Gasteiger partial charge in [0.25, 0.3) is 0 Å². The zero-order valence-corrected chi connectivity index (χ0v) is 12.7. The number of aromatic nitrogens is 1. The molecule has 2 nitrogen and oxygen atoms in total. The summed E-state index contributed by atoms with van der Waals surface area (Å²) in [6, 6.07) is 9.43. The van der Waals surface area contributed by atoms with Gasteiger partial charge in [-0.1, -0.05) is 15.9 Å². The third kappa shape index (κ3) is 2.84. The van der Waals surface area contributed by atoms with E-state index in [9.17, 15) is 0 Å². The van der Waals surface area contributed by atoms with Crippen molar-refractivity contribution in [2.45, 2.75) is 0 Å². The van der Waals surface area contributed by atoms with Crippen molar-refractivity contribution in [2.24, 2.45) is 0 Å². The summed E-state index contributed by atoms with van der Waals surface area (Å²) in [5.74, 6) is 1.27. The SMILES string of the molecule is Brc1ccc(Oc2ncccc2Br)c(Br)c1.